The van der Waals surface area contributed by atoms with Crippen molar-refractivity contribution in [1.82, 2.24) is 29.4 Å². The van der Waals surface area contributed by atoms with E-state index in [1.54, 1.807) is 23.0 Å². The highest BCUT2D eigenvalue weighted by Gasteiger charge is 2.42. The summed E-state index contributed by atoms with van der Waals surface area (Å²) in [6.45, 7) is 4.56. The number of aromatic nitrogens is 4. The Morgan fingerprint density at radius 2 is 1.97 bits per heavy atom. The first-order valence-electron chi connectivity index (χ1n) is 11.5. The van der Waals surface area contributed by atoms with Gasteiger partial charge in [-0.05, 0) is 50.1 Å². The average Bonchev–Trinajstić information content (AvgIpc) is 3.49. The van der Waals surface area contributed by atoms with Gasteiger partial charge in [0.25, 0.3) is 0 Å². The average molecular weight is 452 g/mol. The Labute approximate surface area is 192 Å². The van der Waals surface area contributed by atoms with Gasteiger partial charge in [0.05, 0.1) is 35.9 Å². The Morgan fingerprint density at radius 3 is 2.73 bits per heavy atom. The number of carbonyl (C=O) groups is 1. The maximum Gasteiger partial charge on any atom is 0.228 e. The first kappa shape index (κ1) is 21.6. The van der Waals surface area contributed by atoms with Gasteiger partial charge in [0, 0.05) is 50.4 Å². The number of aryl methyl sites for hydroxylation is 1. The summed E-state index contributed by atoms with van der Waals surface area (Å²) < 4.78 is 16.6. The van der Waals surface area contributed by atoms with E-state index < -0.39 is 0 Å². The van der Waals surface area contributed by atoms with Crippen molar-refractivity contribution in [2.45, 2.75) is 32.2 Å². The van der Waals surface area contributed by atoms with Crippen molar-refractivity contribution in [2.24, 2.45) is 12.5 Å². The lowest BCUT2D eigenvalue weighted by molar-refractivity contribution is -0.130. The standard InChI is InChI=1S/C24H30FN7O/c1-29-13-18(12-27-29)14-30-9-2-7-24(16-30)8-10-31(17-24)23(33)11-22-21(26)15-32(28-22)20-5-3-19(25)4-6-20/h3-6,12-13,15H,2,7-11,14,16-17,26H2,1H3. The van der Waals surface area contributed by atoms with E-state index in [9.17, 15) is 9.18 Å². The highest BCUT2D eigenvalue weighted by Crippen LogP contribution is 2.39. The third-order valence-corrected chi connectivity index (χ3v) is 6.93. The molecule has 0 bridgehead atoms. The highest BCUT2D eigenvalue weighted by molar-refractivity contribution is 5.80. The molecule has 1 atom stereocenters. The Balaban J connectivity index is 1.21. The van der Waals surface area contributed by atoms with Gasteiger partial charge in [0.1, 0.15) is 5.82 Å². The minimum Gasteiger partial charge on any atom is -0.396 e. The largest absolute Gasteiger partial charge is 0.396 e. The molecule has 2 aliphatic heterocycles. The molecule has 1 amide bonds. The number of likely N-dealkylation sites (tertiary alicyclic amines) is 2. The van der Waals surface area contributed by atoms with E-state index >= 15 is 0 Å². The lowest BCUT2D eigenvalue weighted by Gasteiger charge is -2.40. The molecular weight excluding hydrogens is 421 g/mol. The molecule has 1 unspecified atom stereocenters. The minimum atomic E-state index is -0.307. The number of anilines is 1. The van der Waals surface area contributed by atoms with Crippen molar-refractivity contribution in [3.8, 4) is 5.69 Å². The summed E-state index contributed by atoms with van der Waals surface area (Å²) in [7, 11) is 1.94. The van der Waals surface area contributed by atoms with E-state index in [1.807, 2.05) is 22.8 Å². The fraction of sp³-hybridized carbons (Fsp3) is 0.458. The van der Waals surface area contributed by atoms with Crippen molar-refractivity contribution < 1.29 is 9.18 Å². The maximum absolute atomic E-state index is 13.2. The molecule has 1 aromatic carbocycles. The Bertz CT molecular complexity index is 1140. The number of hydrogen-bond acceptors (Lipinski definition) is 5. The van der Waals surface area contributed by atoms with E-state index in [-0.39, 0.29) is 23.6 Å². The van der Waals surface area contributed by atoms with Gasteiger partial charge in [0.15, 0.2) is 0 Å². The molecule has 2 N–H and O–H groups in total. The molecule has 5 rings (SSSR count). The van der Waals surface area contributed by atoms with Gasteiger partial charge in [-0.1, -0.05) is 0 Å². The van der Waals surface area contributed by atoms with Crippen LogP contribution in [0.4, 0.5) is 10.1 Å². The van der Waals surface area contributed by atoms with E-state index in [1.165, 1.54) is 17.7 Å². The number of rotatable bonds is 5. The van der Waals surface area contributed by atoms with Gasteiger partial charge in [-0.2, -0.15) is 10.2 Å². The van der Waals surface area contributed by atoms with Crippen LogP contribution in [0.1, 0.15) is 30.5 Å². The summed E-state index contributed by atoms with van der Waals surface area (Å²) in [5.74, 6) is -0.244. The molecule has 2 aromatic heterocycles. The smallest absolute Gasteiger partial charge is 0.228 e. The SMILES string of the molecule is Cn1cc(CN2CCCC3(CCN(C(=O)Cc4nn(-c5ccc(F)cc5)cc4N)C3)C2)cn1. The zero-order valence-corrected chi connectivity index (χ0v) is 19.0. The van der Waals surface area contributed by atoms with Crippen LogP contribution in [-0.2, 0) is 24.8 Å². The second kappa shape index (κ2) is 8.62. The fourth-order valence-electron chi connectivity index (χ4n) is 5.28. The monoisotopic (exact) mass is 451 g/mol. The lowest BCUT2D eigenvalue weighted by Crippen LogP contribution is -2.45. The van der Waals surface area contributed by atoms with E-state index in [0.29, 0.717) is 17.1 Å². The van der Waals surface area contributed by atoms with E-state index in [0.717, 1.165) is 52.0 Å². The molecule has 1 spiro atoms. The van der Waals surface area contributed by atoms with Crippen molar-refractivity contribution in [3.05, 3.63) is 59.9 Å². The zero-order chi connectivity index (χ0) is 23.0. The first-order chi connectivity index (χ1) is 15.9. The summed E-state index contributed by atoms with van der Waals surface area (Å²) in [4.78, 5) is 17.6. The molecule has 4 heterocycles. The van der Waals surface area contributed by atoms with Crippen LogP contribution >= 0.6 is 0 Å². The van der Waals surface area contributed by atoms with Crippen molar-refractivity contribution >= 4 is 11.6 Å². The summed E-state index contributed by atoms with van der Waals surface area (Å²) in [6, 6.07) is 6.03. The number of piperidine rings is 1. The number of amides is 1. The number of carbonyl (C=O) groups excluding carboxylic acids is 1. The van der Waals surface area contributed by atoms with Crippen LogP contribution in [0.25, 0.3) is 5.69 Å². The Kier molecular flexibility index (Phi) is 5.65. The van der Waals surface area contributed by atoms with Crippen LogP contribution in [0.2, 0.25) is 0 Å². The second-order valence-corrected chi connectivity index (χ2v) is 9.53. The maximum atomic E-state index is 13.2. The van der Waals surface area contributed by atoms with Crippen LogP contribution in [0.15, 0.2) is 42.9 Å². The van der Waals surface area contributed by atoms with Crippen molar-refractivity contribution in [2.75, 3.05) is 31.9 Å². The second-order valence-electron chi connectivity index (χ2n) is 9.53. The molecule has 0 radical (unpaired) electrons. The van der Waals surface area contributed by atoms with Crippen LogP contribution in [0, 0.1) is 11.2 Å². The van der Waals surface area contributed by atoms with Crippen LogP contribution < -0.4 is 5.73 Å². The molecule has 0 aliphatic carbocycles. The summed E-state index contributed by atoms with van der Waals surface area (Å²) in [5.41, 5.74) is 9.28. The summed E-state index contributed by atoms with van der Waals surface area (Å²) >= 11 is 0. The van der Waals surface area contributed by atoms with Gasteiger partial charge < -0.3 is 10.6 Å². The van der Waals surface area contributed by atoms with Crippen molar-refractivity contribution in [1.29, 1.82) is 0 Å². The minimum absolute atomic E-state index is 0.0623. The van der Waals surface area contributed by atoms with Crippen LogP contribution in [0.3, 0.4) is 0 Å². The molecular formula is C24H30FN7O. The number of benzene rings is 1. The Hall–Kier alpha value is -3.20. The third-order valence-electron chi connectivity index (χ3n) is 6.93. The predicted molar refractivity (Wildman–Crippen MR) is 123 cm³/mol. The van der Waals surface area contributed by atoms with Gasteiger partial charge in [-0.3, -0.25) is 14.4 Å². The first-order valence-corrected chi connectivity index (χ1v) is 11.5. The molecule has 2 fully saturated rings. The molecule has 3 aromatic rings. The lowest BCUT2D eigenvalue weighted by atomic mass is 9.79. The van der Waals surface area contributed by atoms with Gasteiger partial charge >= 0.3 is 0 Å². The topological polar surface area (TPSA) is 85.2 Å². The summed E-state index contributed by atoms with van der Waals surface area (Å²) in [5, 5.41) is 8.77. The molecule has 174 valence electrons. The van der Waals surface area contributed by atoms with Gasteiger partial charge in [0.2, 0.25) is 5.91 Å². The number of nitrogen functional groups attached to an aromatic ring is 1. The molecule has 33 heavy (non-hydrogen) atoms. The van der Waals surface area contributed by atoms with E-state index in [2.05, 4.69) is 21.3 Å². The van der Waals surface area contributed by atoms with Crippen LogP contribution in [-0.4, -0.2) is 61.4 Å². The zero-order valence-electron chi connectivity index (χ0n) is 19.0. The number of nitrogens with two attached hydrogens (primary N) is 1. The molecule has 2 aliphatic rings. The van der Waals surface area contributed by atoms with Gasteiger partial charge in [-0.25, -0.2) is 9.07 Å². The highest BCUT2D eigenvalue weighted by atomic mass is 19.1. The quantitative estimate of drug-likeness (QED) is 0.644. The van der Waals surface area contributed by atoms with Crippen LogP contribution in [0.5, 0.6) is 0 Å². The predicted octanol–water partition coefficient (Wildman–Crippen LogP) is 2.38. The molecule has 9 heteroatoms. The number of hydrogen-bond donors (Lipinski definition) is 1. The number of halogens is 1. The normalized spacial score (nSPS) is 21.2. The third kappa shape index (κ3) is 4.64. The number of nitrogens with zero attached hydrogens (tertiary/aromatic N) is 6. The fourth-order valence-corrected chi connectivity index (χ4v) is 5.28. The molecule has 2 saturated heterocycles. The van der Waals surface area contributed by atoms with Gasteiger partial charge in [-0.15, -0.1) is 0 Å². The molecule has 8 nitrogen and oxygen atoms in total. The summed E-state index contributed by atoms with van der Waals surface area (Å²) in [6.07, 6.45) is 9.19. The van der Waals surface area contributed by atoms with Crippen molar-refractivity contribution in [3.63, 3.8) is 0 Å². The Morgan fingerprint density at radius 1 is 1.15 bits per heavy atom. The van der Waals surface area contributed by atoms with E-state index in [4.69, 9.17) is 5.73 Å². The molecule has 0 saturated carbocycles.